The molecule has 0 fully saturated rings. The average Bonchev–Trinajstić information content (AvgIpc) is 4.23. The monoisotopic (exact) mass is 988 g/mol. The third kappa shape index (κ3) is 6.90. The fraction of sp³-hybridized carbons (Fsp3) is 0. The van der Waals surface area contributed by atoms with Gasteiger partial charge in [-0.3, -0.25) is 0 Å². The predicted molar refractivity (Wildman–Crippen MR) is 332 cm³/mol. The van der Waals surface area contributed by atoms with E-state index in [0.29, 0.717) is 0 Å². The zero-order valence-electron chi connectivity index (χ0n) is 42.6. The zero-order chi connectivity index (χ0) is 51.3. The van der Waals surface area contributed by atoms with E-state index in [1.165, 1.54) is 142 Å². The van der Waals surface area contributed by atoms with E-state index >= 15 is 0 Å². The molecule has 0 amide bonds. The van der Waals surface area contributed by atoms with Crippen molar-refractivity contribution in [3.8, 4) is 67.0 Å². The van der Waals surface area contributed by atoms with Crippen LogP contribution in [-0.2, 0) is 0 Å². The molecule has 16 rings (SSSR count). The first-order valence-corrected chi connectivity index (χ1v) is 27.0. The summed E-state index contributed by atoms with van der Waals surface area (Å²) in [6.45, 7) is 0. The van der Waals surface area contributed by atoms with Crippen molar-refractivity contribution in [3.63, 3.8) is 0 Å². The number of aromatic nitrogens is 2. The highest BCUT2D eigenvalue weighted by Gasteiger charge is 2.20. The Kier molecular flexibility index (Phi) is 9.98. The topological polar surface area (TPSA) is 9.86 Å². The lowest BCUT2D eigenvalue weighted by Gasteiger charge is -2.16. The van der Waals surface area contributed by atoms with Gasteiger partial charge in [-0.2, -0.15) is 0 Å². The van der Waals surface area contributed by atoms with Crippen LogP contribution in [0.1, 0.15) is 0 Å². The van der Waals surface area contributed by atoms with Crippen molar-refractivity contribution in [3.05, 3.63) is 291 Å². The van der Waals surface area contributed by atoms with Crippen molar-refractivity contribution in [1.82, 2.24) is 9.13 Å². The van der Waals surface area contributed by atoms with E-state index in [9.17, 15) is 0 Å². The Balaban J connectivity index is 0.794. The van der Waals surface area contributed by atoms with E-state index < -0.39 is 0 Å². The van der Waals surface area contributed by atoms with Crippen LogP contribution in [0.5, 0.6) is 0 Å². The van der Waals surface area contributed by atoms with Gasteiger partial charge in [-0.1, -0.05) is 243 Å². The lowest BCUT2D eigenvalue weighted by molar-refractivity contribution is 1.18. The molecule has 362 valence electrons. The smallest absolute Gasteiger partial charge is 0.0547 e. The van der Waals surface area contributed by atoms with Crippen molar-refractivity contribution >= 4 is 86.7 Å². The largest absolute Gasteiger partial charge is 0.309 e. The Labute approximate surface area is 451 Å². The highest BCUT2D eigenvalue weighted by atomic mass is 15.0. The lowest BCUT2D eigenvalue weighted by atomic mass is 9.89. The third-order valence-corrected chi connectivity index (χ3v) is 16.5. The minimum absolute atomic E-state index is 1.13. The van der Waals surface area contributed by atoms with Crippen molar-refractivity contribution < 1.29 is 0 Å². The number of hydrogen-bond acceptors (Lipinski definition) is 0. The molecule has 2 heteroatoms. The van der Waals surface area contributed by atoms with Crippen LogP contribution < -0.4 is 0 Å². The maximum absolute atomic E-state index is 2.46. The molecule has 0 saturated heterocycles. The summed E-state index contributed by atoms with van der Waals surface area (Å²) >= 11 is 0. The molecule has 0 aliphatic heterocycles. The number of nitrogens with zero attached hydrogens (tertiary/aromatic N) is 2. The summed E-state index contributed by atoms with van der Waals surface area (Å²) in [4.78, 5) is 0. The van der Waals surface area contributed by atoms with Gasteiger partial charge in [-0.25, -0.2) is 0 Å². The van der Waals surface area contributed by atoms with E-state index in [-0.39, 0.29) is 0 Å². The first kappa shape index (κ1) is 44.1. The van der Waals surface area contributed by atoms with Crippen LogP contribution in [0.3, 0.4) is 0 Å². The van der Waals surface area contributed by atoms with Crippen LogP contribution in [0.4, 0.5) is 0 Å². The Morgan fingerprint density at radius 2 is 0.500 bits per heavy atom. The van der Waals surface area contributed by atoms with Gasteiger partial charge in [0.05, 0.1) is 22.1 Å². The van der Waals surface area contributed by atoms with Gasteiger partial charge in [0.15, 0.2) is 0 Å². The normalized spacial score (nSPS) is 11.8. The van der Waals surface area contributed by atoms with Gasteiger partial charge in [-0.15, -0.1) is 0 Å². The lowest BCUT2D eigenvalue weighted by Crippen LogP contribution is -1.95. The van der Waals surface area contributed by atoms with Crippen LogP contribution in [-0.4, -0.2) is 9.13 Å². The third-order valence-electron chi connectivity index (χ3n) is 16.5. The summed E-state index contributed by atoms with van der Waals surface area (Å²) in [6, 6.07) is 108. The summed E-state index contributed by atoms with van der Waals surface area (Å²) in [5.41, 5.74) is 19.1. The van der Waals surface area contributed by atoms with Crippen molar-refractivity contribution in [2.75, 3.05) is 0 Å². The quantitative estimate of drug-likeness (QED) is 0.151. The summed E-state index contributed by atoms with van der Waals surface area (Å²) in [5.74, 6) is 0. The minimum atomic E-state index is 1.13. The SMILES string of the molecule is c1ccc(-c2ccccc2-c2ccc(-n3c4cc(-c5cccc6ccccc56)ccc4c4c5ccccc5ccc43)cc2)c(-c2ccc(-n3c4cc(-c5cccc6ccccc56)ccc4c4c5ccccc5ccc43)cc2)c1. The van der Waals surface area contributed by atoms with Crippen molar-refractivity contribution in [1.29, 1.82) is 0 Å². The molecule has 2 nitrogen and oxygen atoms in total. The molecule has 16 aromatic rings. The van der Waals surface area contributed by atoms with Gasteiger partial charge in [0.25, 0.3) is 0 Å². The molecule has 0 aliphatic rings. The van der Waals surface area contributed by atoms with Crippen molar-refractivity contribution in [2.45, 2.75) is 0 Å². The van der Waals surface area contributed by atoms with Gasteiger partial charge >= 0.3 is 0 Å². The van der Waals surface area contributed by atoms with Crippen LogP contribution in [0, 0.1) is 0 Å². The Morgan fingerprint density at radius 3 is 0.923 bits per heavy atom. The maximum atomic E-state index is 2.46. The van der Waals surface area contributed by atoms with E-state index in [4.69, 9.17) is 0 Å². The highest BCUT2D eigenvalue weighted by molar-refractivity contribution is 6.23. The first-order chi connectivity index (χ1) is 38.7. The minimum Gasteiger partial charge on any atom is -0.309 e. The van der Waals surface area contributed by atoms with Gasteiger partial charge in [-0.05, 0) is 147 Å². The summed E-state index contributed by atoms with van der Waals surface area (Å²) in [6.07, 6.45) is 0. The highest BCUT2D eigenvalue weighted by Crippen LogP contribution is 2.44. The molecule has 0 spiro atoms. The van der Waals surface area contributed by atoms with Gasteiger partial charge in [0.2, 0.25) is 0 Å². The van der Waals surface area contributed by atoms with Crippen LogP contribution in [0.25, 0.3) is 154 Å². The van der Waals surface area contributed by atoms with E-state index in [2.05, 4.69) is 300 Å². The number of rotatable bonds is 7. The molecule has 0 saturated carbocycles. The van der Waals surface area contributed by atoms with E-state index in [1.54, 1.807) is 0 Å². The number of benzene rings is 14. The average molecular weight is 989 g/mol. The fourth-order valence-electron chi connectivity index (χ4n) is 12.9. The number of hydrogen-bond donors (Lipinski definition) is 0. The molecule has 2 heterocycles. The van der Waals surface area contributed by atoms with Crippen LogP contribution in [0.2, 0.25) is 0 Å². The zero-order valence-corrected chi connectivity index (χ0v) is 42.6. The second kappa shape index (κ2) is 17.7. The molecule has 0 radical (unpaired) electrons. The van der Waals surface area contributed by atoms with E-state index in [1.807, 2.05) is 0 Å². The standard InChI is InChI=1S/C76H48N2/c1-5-21-59-49(15-1)19-13-29-63(59)55-35-43-69-73(47-55)77(71-45-37-51-17-3-7-25-65(51)75(69)71)57-39-31-53(32-40-57)61-23-9-11-27-67(61)68-28-12-10-24-62(68)54-33-41-58(42-34-54)78-72-46-38-52-18-4-8-26-66(52)76(72)70-44-36-56(48-74(70)78)64-30-14-20-50-16-2-6-22-60(50)64/h1-48H. The molecule has 0 unspecified atom stereocenters. The summed E-state index contributed by atoms with van der Waals surface area (Å²) in [7, 11) is 0. The molecule has 14 aromatic carbocycles. The van der Waals surface area contributed by atoms with E-state index in [0.717, 1.165) is 11.4 Å². The summed E-state index contributed by atoms with van der Waals surface area (Å²) in [5, 5.41) is 15.1. The molecule has 0 aliphatic carbocycles. The molecule has 0 N–H and O–H groups in total. The van der Waals surface area contributed by atoms with Gasteiger partial charge in [0.1, 0.15) is 0 Å². The second-order valence-electron chi connectivity index (χ2n) is 20.7. The maximum Gasteiger partial charge on any atom is 0.0547 e. The first-order valence-electron chi connectivity index (χ1n) is 27.0. The number of fused-ring (bicyclic) bond motifs is 12. The molecular formula is C76H48N2. The van der Waals surface area contributed by atoms with Gasteiger partial charge < -0.3 is 9.13 Å². The molecule has 0 atom stereocenters. The Morgan fingerprint density at radius 1 is 0.179 bits per heavy atom. The van der Waals surface area contributed by atoms with Crippen LogP contribution in [0.15, 0.2) is 291 Å². The summed E-state index contributed by atoms with van der Waals surface area (Å²) < 4.78 is 4.93. The molecular weight excluding hydrogens is 941 g/mol. The second-order valence-corrected chi connectivity index (χ2v) is 20.7. The molecule has 2 aromatic heterocycles. The van der Waals surface area contributed by atoms with Gasteiger partial charge in [0, 0.05) is 32.9 Å². The fourth-order valence-corrected chi connectivity index (χ4v) is 12.9. The Hall–Kier alpha value is -10.3. The van der Waals surface area contributed by atoms with Crippen molar-refractivity contribution in [2.24, 2.45) is 0 Å². The van der Waals surface area contributed by atoms with Crippen LogP contribution >= 0.6 is 0 Å². The molecule has 78 heavy (non-hydrogen) atoms. The Bertz CT molecular complexity index is 4740. The molecule has 0 bridgehead atoms. The predicted octanol–water partition coefficient (Wildman–Crippen LogP) is 20.8.